The van der Waals surface area contributed by atoms with Crippen LogP contribution in [0.2, 0.25) is 0 Å². The van der Waals surface area contributed by atoms with Gasteiger partial charge in [-0.15, -0.1) is 0 Å². The highest BCUT2D eigenvalue weighted by Crippen LogP contribution is 2.34. The molecule has 0 radical (unpaired) electrons. The van der Waals surface area contributed by atoms with Crippen molar-refractivity contribution >= 4 is 28.6 Å². The van der Waals surface area contributed by atoms with Gasteiger partial charge in [0.25, 0.3) is 0 Å². The molecule has 0 amide bonds. The number of carbonyl (C=O) groups excluding carboxylic acids is 1. The van der Waals surface area contributed by atoms with Gasteiger partial charge in [-0.25, -0.2) is 0 Å². The zero-order valence-electron chi connectivity index (χ0n) is 10.6. The predicted octanol–water partition coefficient (Wildman–Crippen LogP) is 1.61. The zero-order valence-corrected chi connectivity index (χ0v) is 12.7. The molecular formula is C14H19INO2+. The van der Waals surface area contributed by atoms with E-state index in [1.54, 1.807) is 0 Å². The smallest absolute Gasteiger partial charge is 0.319 e. The number of quaternary nitrogens is 1. The molecule has 2 rings (SSSR count). The lowest BCUT2D eigenvalue weighted by Gasteiger charge is -2.36. The van der Waals surface area contributed by atoms with Crippen molar-refractivity contribution in [2.75, 3.05) is 13.1 Å². The van der Waals surface area contributed by atoms with Crippen molar-refractivity contribution < 1.29 is 14.8 Å². The summed E-state index contributed by atoms with van der Waals surface area (Å²) >= 11 is 2.11. The first kappa shape index (κ1) is 13.8. The van der Waals surface area contributed by atoms with Crippen LogP contribution in [0.15, 0.2) is 30.3 Å². The molecule has 1 aliphatic rings. The van der Waals surface area contributed by atoms with E-state index < -0.39 is 5.60 Å². The van der Waals surface area contributed by atoms with Gasteiger partial charge in [-0.05, 0) is 12.5 Å². The number of piperidine rings is 1. The highest BCUT2D eigenvalue weighted by Gasteiger charge is 2.40. The zero-order chi connectivity index (χ0) is 13.0. The molecular weight excluding hydrogens is 341 g/mol. The van der Waals surface area contributed by atoms with Gasteiger partial charge in [-0.3, -0.25) is 4.79 Å². The van der Waals surface area contributed by atoms with Crippen molar-refractivity contribution in [2.24, 2.45) is 0 Å². The molecule has 1 aromatic carbocycles. The average Bonchev–Trinajstić information content (AvgIpc) is 2.40. The number of halogens is 1. The van der Waals surface area contributed by atoms with Gasteiger partial charge in [-0.1, -0.05) is 52.9 Å². The predicted molar refractivity (Wildman–Crippen MR) is 78.6 cm³/mol. The van der Waals surface area contributed by atoms with Crippen LogP contribution >= 0.6 is 22.6 Å². The van der Waals surface area contributed by atoms with Crippen molar-refractivity contribution in [3.05, 3.63) is 35.9 Å². The Labute approximate surface area is 121 Å². The highest BCUT2D eigenvalue weighted by atomic mass is 127. The second-order valence-electron chi connectivity index (χ2n) is 4.76. The lowest BCUT2D eigenvalue weighted by atomic mass is 9.85. The van der Waals surface area contributed by atoms with E-state index in [4.69, 9.17) is 4.74 Å². The third-order valence-electron chi connectivity index (χ3n) is 3.43. The van der Waals surface area contributed by atoms with Gasteiger partial charge in [0.1, 0.15) is 9.53 Å². The van der Waals surface area contributed by atoms with Crippen LogP contribution in [0, 0.1) is 0 Å². The molecule has 1 aliphatic heterocycles. The Hall–Kier alpha value is -0.620. The molecule has 1 saturated heterocycles. The molecule has 1 aromatic rings. The number of hydrogen-bond donors (Lipinski definition) is 1. The summed E-state index contributed by atoms with van der Waals surface area (Å²) in [6.07, 6.45) is 1.79. The second-order valence-corrected chi connectivity index (χ2v) is 6.63. The Morgan fingerprint density at radius 3 is 2.50 bits per heavy atom. The van der Waals surface area contributed by atoms with Crippen LogP contribution in [0.3, 0.4) is 0 Å². The maximum atomic E-state index is 11.9. The molecule has 0 bridgehead atoms. The minimum absolute atomic E-state index is 0.103. The summed E-state index contributed by atoms with van der Waals surface area (Å²) in [5.41, 5.74) is 0.718. The van der Waals surface area contributed by atoms with E-state index in [0.717, 1.165) is 31.5 Å². The van der Waals surface area contributed by atoms with Crippen LogP contribution < -0.4 is 5.32 Å². The molecule has 0 saturated carbocycles. The molecule has 0 aliphatic carbocycles. The number of ether oxygens (including phenoxy) is 1. The van der Waals surface area contributed by atoms with Crippen LogP contribution in [-0.4, -0.2) is 23.0 Å². The molecule has 1 unspecified atom stereocenters. The fourth-order valence-corrected chi connectivity index (χ4v) is 2.53. The summed E-state index contributed by atoms with van der Waals surface area (Å²) in [7, 11) is 0. The average molecular weight is 360 g/mol. The number of rotatable bonds is 3. The van der Waals surface area contributed by atoms with Gasteiger partial charge in [0.15, 0.2) is 0 Å². The number of esters is 1. The minimum Gasteiger partial charge on any atom is -0.453 e. The monoisotopic (exact) mass is 360 g/mol. The Kier molecular flexibility index (Phi) is 4.61. The molecule has 1 atom stereocenters. The maximum Gasteiger partial charge on any atom is 0.319 e. The van der Waals surface area contributed by atoms with Crippen LogP contribution in [0.4, 0.5) is 0 Å². The second kappa shape index (κ2) is 6.02. The molecule has 0 spiro atoms. The third-order valence-corrected chi connectivity index (χ3v) is 3.93. The van der Waals surface area contributed by atoms with Gasteiger partial charge < -0.3 is 10.1 Å². The molecule has 1 heterocycles. The fraction of sp³-hybridized carbons (Fsp3) is 0.500. The first-order chi connectivity index (χ1) is 8.64. The summed E-state index contributed by atoms with van der Waals surface area (Å²) in [4.78, 5) is 11.9. The Bertz CT molecular complexity index is 400. The molecule has 1 fully saturated rings. The standard InChI is InChI=1S/C14H18INO2/c1-11(15)13(17)18-14(7-9-16-10-8-14)12-5-3-2-4-6-12/h2-6,11,16H,7-10H2,1H3/p+1. The number of hydrogen-bond acceptors (Lipinski definition) is 2. The SMILES string of the molecule is CC(I)C(=O)OC1(c2ccccc2)CC[NH2+]CC1. The summed E-state index contributed by atoms with van der Waals surface area (Å²) in [6, 6.07) is 10.1. The van der Waals surface area contributed by atoms with E-state index in [1.165, 1.54) is 0 Å². The van der Waals surface area contributed by atoms with Gasteiger partial charge in [0.05, 0.1) is 13.1 Å². The Morgan fingerprint density at radius 1 is 1.33 bits per heavy atom. The Morgan fingerprint density at radius 2 is 1.94 bits per heavy atom. The van der Waals surface area contributed by atoms with E-state index in [-0.39, 0.29) is 9.89 Å². The Balaban J connectivity index is 2.26. The molecule has 0 aromatic heterocycles. The van der Waals surface area contributed by atoms with Gasteiger partial charge in [0, 0.05) is 12.8 Å². The largest absolute Gasteiger partial charge is 0.453 e. The summed E-state index contributed by atoms with van der Waals surface area (Å²) in [5.74, 6) is -0.110. The van der Waals surface area contributed by atoms with Crippen molar-refractivity contribution in [3.63, 3.8) is 0 Å². The van der Waals surface area contributed by atoms with E-state index in [9.17, 15) is 4.79 Å². The summed E-state index contributed by atoms with van der Waals surface area (Å²) < 4.78 is 5.76. The fourth-order valence-electron chi connectivity index (χ4n) is 2.41. The lowest BCUT2D eigenvalue weighted by molar-refractivity contribution is -0.668. The van der Waals surface area contributed by atoms with Gasteiger partial charge in [-0.2, -0.15) is 0 Å². The van der Waals surface area contributed by atoms with Crippen LogP contribution in [0.1, 0.15) is 25.3 Å². The van der Waals surface area contributed by atoms with E-state index in [2.05, 4.69) is 40.0 Å². The summed E-state index contributed by atoms with van der Waals surface area (Å²) in [6.45, 7) is 3.89. The minimum atomic E-state index is -0.410. The van der Waals surface area contributed by atoms with Gasteiger partial charge >= 0.3 is 5.97 Å². The van der Waals surface area contributed by atoms with E-state index >= 15 is 0 Å². The molecule has 3 nitrogen and oxygen atoms in total. The lowest BCUT2D eigenvalue weighted by Crippen LogP contribution is -2.87. The normalized spacial score (nSPS) is 20.1. The number of alkyl halides is 1. The quantitative estimate of drug-likeness (QED) is 0.506. The third kappa shape index (κ3) is 3.03. The van der Waals surface area contributed by atoms with E-state index in [0.29, 0.717) is 0 Å². The first-order valence-corrected chi connectivity index (χ1v) is 7.63. The number of nitrogens with two attached hydrogens (primary N) is 1. The highest BCUT2D eigenvalue weighted by molar-refractivity contribution is 14.1. The number of carbonyl (C=O) groups is 1. The van der Waals surface area contributed by atoms with Crippen molar-refractivity contribution in [2.45, 2.75) is 29.3 Å². The van der Waals surface area contributed by atoms with Crippen molar-refractivity contribution in [3.8, 4) is 0 Å². The van der Waals surface area contributed by atoms with Crippen molar-refractivity contribution in [1.82, 2.24) is 0 Å². The first-order valence-electron chi connectivity index (χ1n) is 6.38. The topological polar surface area (TPSA) is 42.9 Å². The molecule has 98 valence electrons. The maximum absolute atomic E-state index is 11.9. The van der Waals surface area contributed by atoms with Crippen molar-refractivity contribution in [1.29, 1.82) is 0 Å². The van der Waals surface area contributed by atoms with Crippen LogP contribution in [0.5, 0.6) is 0 Å². The molecule has 2 N–H and O–H groups in total. The molecule has 4 heteroatoms. The van der Waals surface area contributed by atoms with E-state index in [1.807, 2.05) is 25.1 Å². The number of benzene rings is 1. The van der Waals surface area contributed by atoms with Crippen LogP contribution in [0.25, 0.3) is 0 Å². The molecule has 18 heavy (non-hydrogen) atoms. The van der Waals surface area contributed by atoms with Crippen LogP contribution in [-0.2, 0) is 15.1 Å². The summed E-state index contributed by atoms with van der Waals surface area (Å²) in [5, 5.41) is 2.28. The van der Waals surface area contributed by atoms with Gasteiger partial charge in [0.2, 0.25) is 0 Å².